The van der Waals surface area contributed by atoms with Crippen molar-refractivity contribution in [1.82, 2.24) is 20.0 Å². The van der Waals surface area contributed by atoms with E-state index in [1.807, 2.05) is 30.3 Å². The van der Waals surface area contributed by atoms with E-state index in [9.17, 15) is 13.6 Å². The third kappa shape index (κ3) is 4.28. The van der Waals surface area contributed by atoms with E-state index in [2.05, 4.69) is 20.6 Å². The Balaban J connectivity index is 1.76. The van der Waals surface area contributed by atoms with Gasteiger partial charge in [0.25, 0.3) is 12.3 Å². The van der Waals surface area contributed by atoms with E-state index in [4.69, 9.17) is 9.47 Å². The van der Waals surface area contributed by atoms with Crippen LogP contribution < -0.4 is 14.8 Å². The lowest BCUT2D eigenvalue weighted by atomic mass is 10.1. The van der Waals surface area contributed by atoms with Crippen LogP contribution in [0.5, 0.6) is 11.5 Å². The number of amides is 1. The number of hydrogen-bond donors (Lipinski definition) is 1. The Morgan fingerprint density at radius 2 is 1.81 bits per heavy atom. The van der Waals surface area contributed by atoms with E-state index in [1.165, 1.54) is 14.2 Å². The smallest absolute Gasteiger partial charge is 0.291 e. The molecule has 0 radical (unpaired) electrons. The fraction of sp³-hybridized carbons (Fsp3) is 0.143. The molecule has 0 saturated heterocycles. The largest absolute Gasteiger partial charge is 0.493 e. The van der Waals surface area contributed by atoms with Crippen molar-refractivity contribution < 1.29 is 23.0 Å². The highest BCUT2D eigenvalue weighted by molar-refractivity contribution is 7.15. The highest BCUT2D eigenvalue weighted by atomic mass is 32.1. The van der Waals surface area contributed by atoms with Gasteiger partial charge in [-0.25, -0.2) is 13.5 Å². The van der Waals surface area contributed by atoms with E-state index < -0.39 is 17.3 Å². The van der Waals surface area contributed by atoms with Gasteiger partial charge in [0.2, 0.25) is 5.13 Å². The van der Waals surface area contributed by atoms with Crippen LogP contribution in [0.25, 0.3) is 16.9 Å². The van der Waals surface area contributed by atoms with Crippen molar-refractivity contribution in [2.24, 2.45) is 0 Å². The lowest BCUT2D eigenvalue weighted by Crippen LogP contribution is -2.12. The third-order valence-electron chi connectivity index (χ3n) is 4.48. The summed E-state index contributed by atoms with van der Waals surface area (Å²) < 4.78 is 37.8. The standard InChI is InChI=1S/C21H17F2N5O3S/c1-30-15-9-8-12(10-16(15)31-2)17-14(11-28(27-17)13-6-4-3-5-7-13)19(29)24-21-26-25-20(32-21)18(22)23/h3-11,18H,1-2H3,(H,24,26,29). The van der Waals surface area contributed by atoms with Crippen LogP contribution in [-0.2, 0) is 0 Å². The quantitative estimate of drug-likeness (QED) is 0.436. The number of nitrogens with zero attached hydrogens (tertiary/aromatic N) is 4. The summed E-state index contributed by atoms with van der Waals surface area (Å²) in [6.07, 6.45) is -1.20. The molecular weight excluding hydrogens is 440 g/mol. The van der Waals surface area contributed by atoms with Crippen molar-refractivity contribution in [2.45, 2.75) is 6.43 Å². The molecule has 0 bridgehead atoms. The molecule has 0 aliphatic carbocycles. The van der Waals surface area contributed by atoms with Gasteiger partial charge in [0.15, 0.2) is 16.5 Å². The number of methoxy groups -OCH3 is 2. The Hall–Kier alpha value is -3.86. The van der Waals surface area contributed by atoms with Gasteiger partial charge in [0.05, 0.1) is 25.5 Å². The van der Waals surface area contributed by atoms with Gasteiger partial charge in [-0.3, -0.25) is 10.1 Å². The first-order valence-electron chi connectivity index (χ1n) is 9.30. The Morgan fingerprint density at radius 3 is 2.47 bits per heavy atom. The topological polar surface area (TPSA) is 91.2 Å². The summed E-state index contributed by atoms with van der Waals surface area (Å²) in [5, 5.41) is 13.6. The van der Waals surface area contributed by atoms with Crippen LogP contribution in [0.1, 0.15) is 21.8 Å². The Labute approximate surface area is 185 Å². The minimum atomic E-state index is -2.76. The number of carbonyl (C=O) groups is 1. The highest BCUT2D eigenvalue weighted by Crippen LogP contribution is 2.34. The Morgan fingerprint density at radius 1 is 1.06 bits per heavy atom. The molecule has 4 aromatic rings. The number of para-hydroxylation sites is 1. The van der Waals surface area contributed by atoms with E-state index in [0.717, 1.165) is 5.69 Å². The van der Waals surface area contributed by atoms with E-state index in [-0.39, 0.29) is 10.7 Å². The van der Waals surface area contributed by atoms with Crippen LogP contribution in [0.15, 0.2) is 54.7 Å². The Kier molecular flexibility index (Phi) is 6.08. The van der Waals surface area contributed by atoms with Crippen molar-refractivity contribution in [3.8, 4) is 28.4 Å². The monoisotopic (exact) mass is 457 g/mol. The number of alkyl halides is 2. The molecule has 0 aliphatic heterocycles. The average Bonchev–Trinajstić information content (AvgIpc) is 3.47. The van der Waals surface area contributed by atoms with Gasteiger partial charge in [-0.05, 0) is 30.3 Å². The molecule has 2 aromatic heterocycles. The van der Waals surface area contributed by atoms with Crippen LogP contribution in [0, 0.1) is 0 Å². The number of halogens is 2. The number of anilines is 1. The molecule has 0 aliphatic rings. The minimum absolute atomic E-state index is 0.0315. The first-order chi connectivity index (χ1) is 15.5. The second-order valence-electron chi connectivity index (χ2n) is 6.44. The molecule has 164 valence electrons. The maximum Gasteiger partial charge on any atom is 0.291 e. The number of aromatic nitrogens is 4. The third-order valence-corrected chi connectivity index (χ3v) is 5.33. The molecular formula is C21H17F2N5O3S. The number of rotatable bonds is 7. The summed E-state index contributed by atoms with van der Waals surface area (Å²) in [5.74, 6) is 0.434. The molecule has 8 nitrogen and oxygen atoms in total. The number of nitrogens with one attached hydrogen (secondary N) is 1. The maximum atomic E-state index is 13.0. The number of ether oxygens (including phenoxy) is 2. The van der Waals surface area contributed by atoms with E-state index in [1.54, 1.807) is 29.1 Å². The van der Waals surface area contributed by atoms with Gasteiger partial charge in [-0.15, -0.1) is 10.2 Å². The first kappa shape index (κ1) is 21.4. The van der Waals surface area contributed by atoms with E-state index in [0.29, 0.717) is 34.1 Å². The van der Waals surface area contributed by atoms with Crippen LogP contribution in [-0.4, -0.2) is 40.1 Å². The average molecular weight is 457 g/mol. The van der Waals surface area contributed by atoms with Gasteiger partial charge in [-0.1, -0.05) is 29.5 Å². The molecule has 0 saturated carbocycles. The van der Waals surface area contributed by atoms with Crippen molar-refractivity contribution in [3.05, 3.63) is 65.3 Å². The van der Waals surface area contributed by atoms with Gasteiger partial charge < -0.3 is 9.47 Å². The van der Waals surface area contributed by atoms with E-state index >= 15 is 0 Å². The molecule has 0 spiro atoms. The zero-order valence-corrected chi connectivity index (χ0v) is 17.8. The number of benzene rings is 2. The lowest BCUT2D eigenvalue weighted by Gasteiger charge is -2.09. The zero-order valence-electron chi connectivity index (χ0n) is 17.0. The summed E-state index contributed by atoms with van der Waals surface area (Å²) in [4.78, 5) is 13.0. The summed E-state index contributed by atoms with van der Waals surface area (Å²) >= 11 is 0.612. The fourth-order valence-electron chi connectivity index (χ4n) is 2.99. The summed E-state index contributed by atoms with van der Waals surface area (Å²) in [7, 11) is 3.03. The maximum absolute atomic E-state index is 13.0. The molecule has 0 unspecified atom stereocenters. The molecule has 0 fully saturated rings. The molecule has 4 rings (SSSR count). The van der Waals surface area contributed by atoms with Crippen molar-refractivity contribution in [2.75, 3.05) is 19.5 Å². The zero-order chi connectivity index (χ0) is 22.7. The molecule has 0 atom stereocenters. The molecule has 1 N–H and O–H groups in total. The fourth-order valence-corrected chi connectivity index (χ4v) is 3.58. The normalized spacial score (nSPS) is 10.9. The molecule has 2 aromatic carbocycles. The second kappa shape index (κ2) is 9.10. The van der Waals surface area contributed by atoms with Gasteiger partial charge >= 0.3 is 0 Å². The van der Waals surface area contributed by atoms with Crippen LogP contribution in [0.3, 0.4) is 0 Å². The predicted octanol–water partition coefficient (Wildman–Crippen LogP) is 4.60. The van der Waals surface area contributed by atoms with Gasteiger partial charge in [-0.2, -0.15) is 5.10 Å². The van der Waals surface area contributed by atoms with Crippen LogP contribution in [0.2, 0.25) is 0 Å². The first-order valence-corrected chi connectivity index (χ1v) is 10.1. The predicted molar refractivity (Wildman–Crippen MR) is 115 cm³/mol. The Bertz CT molecular complexity index is 1240. The van der Waals surface area contributed by atoms with Gasteiger partial charge in [0, 0.05) is 11.8 Å². The van der Waals surface area contributed by atoms with Crippen molar-refractivity contribution in [3.63, 3.8) is 0 Å². The highest BCUT2D eigenvalue weighted by Gasteiger charge is 2.22. The van der Waals surface area contributed by atoms with Gasteiger partial charge in [0.1, 0.15) is 5.69 Å². The number of carbonyl (C=O) groups excluding carboxylic acids is 1. The lowest BCUT2D eigenvalue weighted by molar-refractivity contribution is 0.102. The molecule has 32 heavy (non-hydrogen) atoms. The van der Waals surface area contributed by atoms with Crippen molar-refractivity contribution in [1.29, 1.82) is 0 Å². The second-order valence-corrected chi connectivity index (χ2v) is 7.45. The summed E-state index contributed by atoms with van der Waals surface area (Å²) in [6, 6.07) is 14.4. The summed E-state index contributed by atoms with van der Waals surface area (Å²) in [5.41, 5.74) is 1.93. The molecule has 1 amide bonds. The SMILES string of the molecule is COc1ccc(-c2nn(-c3ccccc3)cc2C(=O)Nc2nnc(C(F)F)s2)cc1OC. The summed E-state index contributed by atoms with van der Waals surface area (Å²) in [6.45, 7) is 0. The van der Waals surface area contributed by atoms with Crippen LogP contribution >= 0.6 is 11.3 Å². The van der Waals surface area contributed by atoms with Crippen LogP contribution in [0.4, 0.5) is 13.9 Å². The minimum Gasteiger partial charge on any atom is -0.493 e. The molecule has 11 heteroatoms. The molecule has 2 heterocycles. The number of hydrogen-bond acceptors (Lipinski definition) is 7. The van der Waals surface area contributed by atoms with Crippen molar-refractivity contribution >= 4 is 22.4 Å².